The Kier molecular flexibility index (Phi) is 19.5. The van der Waals surface area contributed by atoms with Crippen LogP contribution < -0.4 is 0 Å². The van der Waals surface area contributed by atoms with Crippen LogP contribution in [0.25, 0.3) is 0 Å². The molecule has 0 bridgehead atoms. The fraction of sp³-hybridized carbons (Fsp3) is 0.689. The lowest BCUT2D eigenvalue weighted by Gasteiger charge is -2.38. The van der Waals surface area contributed by atoms with Gasteiger partial charge in [0, 0.05) is 18.4 Å². The minimum Gasteiger partial charge on any atom is -0.458 e. The molecule has 0 spiro atoms. The van der Waals surface area contributed by atoms with Gasteiger partial charge in [0.1, 0.15) is 18.3 Å². The predicted octanol–water partition coefficient (Wildman–Crippen LogP) is 9.41. The van der Waals surface area contributed by atoms with Gasteiger partial charge in [-0.05, 0) is 88.2 Å². The van der Waals surface area contributed by atoms with Crippen LogP contribution >= 0.6 is 0 Å². The highest BCUT2D eigenvalue weighted by Crippen LogP contribution is 2.38. The van der Waals surface area contributed by atoms with Crippen molar-refractivity contribution in [3.05, 3.63) is 71.8 Å². The second-order valence-electron chi connectivity index (χ2n) is 15.9. The fourth-order valence-corrected chi connectivity index (χ4v) is 10.6. The molecule has 10 atom stereocenters. The molecule has 2 aliphatic rings. The van der Waals surface area contributed by atoms with Crippen molar-refractivity contribution in [3.63, 3.8) is 0 Å². The van der Waals surface area contributed by atoms with Crippen LogP contribution in [0.2, 0.25) is 18.1 Å². The van der Waals surface area contributed by atoms with Crippen LogP contribution in [0.3, 0.4) is 0 Å². The van der Waals surface area contributed by atoms with Gasteiger partial charge in [0.15, 0.2) is 8.32 Å². The molecule has 10 heteroatoms. The molecule has 3 rings (SSSR count). The van der Waals surface area contributed by atoms with E-state index < -0.39 is 26.1 Å². The second kappa shape index (κ2) is 23.0. The number of hydrogen-bond donors (Lipinski definition) is 1. The molecule has 2 heterocycles. The molecule has 1 saturated heterocycles. The summed E-state index contributed by atoms with van der Waals surface area (Å²) in [4.78, 5) is 26.4. The summed E-state index contributed by atoms with van der Waals surface area (Å²) >= 11 is 0. The first-order chi connectivity index (χ1) is 26.2. The molecule has 55 heavy (non-hydrogen) atoms. The van der Waals surface area contributed by atoms with Crippen LogP contribution in [0.4, 0.5) is 0 Å². The zero-order chi connectivity index (χ0) is 40.6. The van der Waals surface area contributed by atoms with Crippen molar-refractivity contribution in [2.24, 2.45) is 17.8 Å². The molecule has 1 aromatic rings. The van der Waals surface area contributed by atoms with Crippen molar-refractivity contribution in [1.82, 2.24) is 0 Å². The standard InChI is InChI=1S/C45H72O9Si/c1-11-38(52-44(48)36-22-17-16-18-23-36)35(9)43-39(51-43)30-32(6)20-19-21-33(7)42-34(8)24-25-40(46)45(10,50-29-28-49-12-2)27-26-37(31-41(47)53-42)54-55(13-3,14-4)15-5/h16-25,32,34-35,37-40,42-43,46H,11-15,26-31H2,1-10H3/b20-19+,25-24+,33-21+. The monoisotopic (exact) mass is 784 g/mol. The summed E-state index contributed by atoms with van der Waals surface area (Å²) in [6.07, 6.45) is 10.9. The van der Waals surface area contributed by atoms with E-state index in [1.807, 2.05) is 71.0 Å². The molecule has 0 aromatic heterocycles. The molecular formula is C45H72O9Si. The topological polar surface area (TPSA) is 113 Å². The van der Waals surface area contributed by atoms with E-state index in [1.165, 1.54) is 0 Å². The lowest BCUT2D eigenvalue weighted by atomic mass is 9.88. The fourth-order valence-electron chi connectivity index (χ4n) is 7.66. The van der Waals surface area contributed by atoms with Gasteiger partial charge in [-0.25, -0.2) is 4.79 Å². The Balaban J connectivity index is 1.71. The zero-order valence-electron chi connectivity index (χ0n) is 35.5. The smallest absolute Gasteiger partial charge is 0.338 e. The molecule has 0 saturated carbocycles. The van der Waals surface area contributed by atoms with E-state index in [-0.39, 0.29) is 60.5 Å². The summed E-state index contributed by atoms with van der Waals surface area (Å²) in [7, 11) is -2.04. The van der Waals surface area contributed by atoms with Crippen molar-refractivity contribution in [3.8, 4) is 0 Å². The van der Waals surface area contributed by atoms with E-state index >= 15 is 0 Å². The number of benzene rings is 1. The molecule has 0 aliphatic carbocycles. The number of allylic oxidation sites excluding steroid dienone is 3. The van der Waals surface area contributed by atoms with E-state index in [1.54, 1.807) is 18.2 Å². The molecule has 0 radical (unpaired) electrons. The van der Waals surface area contributed by atoms with E-state index in [2.05, 4.69) is 40.7 Å². The Morgan fingerprint density at radius 2 is 1.75 bits per heavy atom. The van der Waals surface area contributed by atoms with Crippen LogP contribution in [0.1, 0.15) is 112 Å². The van der Waals surface area contributed by atoms with E-state index in [0.717, 1.165) is 36.5 Å². The summed E-state index contributed by atoms with van der Waals surface area (Å²) in [6, 6.07) is 12.0. The third-order valence-electron chi connectivity index (χ3n) is 11.8. The van der Waals surface area contributed by atoms with Gasteiger partial charge in [-0.15, -0.1) is 0 Å². The lowest BCUT2D eigenvalue weighted by molar-refractivity contribution is -0.151. The summed E-state index contributed by atoms with van der Waals surface area (Å²) in [5.41, 5.74) is 0.590. The first-order valence-electron chi connectivity index (χ1n) is 21.0. The van der Waals surface area contributed by atoms with Crippen LogP contribution in [0.15, 0.2) is 66.3 Å². The number of carbonyl (C=O) groups is 2. The Morgan fingerprint density at radius 3 is 2.38 bits per heavy atom. The van der Waals surface area contributed by atoms with E-state index in [4.69, 9.17) is 28.1 Å². The minimum atomic E-state index is -2.04. The number of carbonyl (C=O) groups excluding carboxylic acids is 2. The molecule has 9 nitrogen and oxygen atoms in total. The SMILES string of the molecule is CCOCCOC1(C)CCC(O[Si](CC)(CC)CC)CC(=O)OC(/C(C)=C/C=C/C(C)CC2OC2C(C)C(CC)OC(=O)c2ccccc2)C(C)/C=C/C1O. The molecule has 310 valence electrons. The van der Waals surface area contributed by atoms with Crippen molar-refractivity contribution < 1.29 is 42.8 Å². The molecule has 1 N–H and O–H groups in total. The van der Waals surface area contributed by atoms with Gasteiger partial charge in [0.2, 0.25) is 0 Å². The molecule has 10 unspecified atom stereocenters. The third-order valence-corrected chi connectivity index (χ3v) is 16.5. The van der Waals surface area contributed by atoms with E-state index in [9.17, 15) is 14.7 Å². The number of aliphatic hydroxyl groups is 1. The largest absolute Gasteiger partial charge is 0.458 e. The van der Waals surface area contributed by atoms with E-state index in [0.29, 0.717) is 38.2 Å². The maximum Gasteiger partial charge on any atom is 0.338 e. The first-order valence-corrected chi connectivity index (χ1v) is 23.5. The number of cyclic esters (lactones) is 1. The summed E-state index contributed by atoms with van der Waals surface area (Å²) in [5.74, 6) is -0.461. The predicted molar refractivity (Wildman–Crippen MR) is 221 cm³/mol. The van der Waals surface area contributed by atoms with Crippen LogP contribution in [-0.2, 0) is 32.9 Å². The quantitative estimate of drug-likeness (QED) is 0.0345. The molecule has 0 amide bonds. The summed E-state index contributed by atoms with van der Waals surface area (Å²) < 4.78 is 37.0. The lowest BCUT2D eigenvalue weighted by Crippen LogP contribution is -2.45. The number of esters is 2. The molecule has 1 fully saturated rings. The Bertz CT molecular complexity index is 1380. The minimum absolute atomic E-state index is 0.0461. The van der Waals surface area contributed by atoms with Crippen molar-refractivity contribution >= 4 is 20.3 Å². The van der Waals surface area contributed by atoms with Gasteiger partial charge in [-0.3, -0.25) is 4.79 Å². The Hall–Kier alpha value is -2.60. The van der Waals surface area contributed by atoms with Gasteiger partial charge >= 0.3 is 11.9 Å². The normalized spacial score (nSPS) is 29.1. The summed E-state index contributed by atoms with van der Waals surface area (Å²) in [5, 5.41) is 11.5. The van der Waals surface area contributed by atoms with Crippen molar-refractivity contribution in [1.29, 1.82) is 0 Å². The van der Waals surface area contributed by atoms with Crippen LogP contribution in [0.5, 0.6) is 0 Å². The average Bonchev–Trinajstić information content (AvgIpc) is 3.95. The highest BCUT2D eigenvalue weighted by atomic mass is 28.4. The third kappa shape index (κ3) is 14.4. The van der Waals surface area contributed by atoms with Crippen LogP contribution in [0, 0.1) is 17.8 Å². The highest BCUT2D eigenvalue weighted by molar-refractivity contribution is 6.73. The highest BCUT2D eigenvalue weighted by Gasteiger charge is 2.46. The molecular weight excluding hydrogens is 713 g/mol. The van der Waals surface area contributed by atoms with Crippen LogP contribution in [-0.4, -0.2) is 87.4 Å². The number of rotatable bonds is 20. The molecule has 1 aromatic carbocycles. The number of aliphatic hydroxyl groups excluding tert-OH is 1. The maximum atomic E-state index is 13.7. The van der Waals surface area contributed by atoms with Crippen molar-refractivity contribution in [2.75, 3.05) is 19.8 Å². The first kappa shape index (κ1) is 46.8. The number of ether oxygens (including phenoxy) is 5. The number of epoxide rings is 1. The van der Waals surface area contributed by atoms with Gasteiger partial charge in [0.05, 0.1) is 49.1 Å². The second-order valence-corrected chi connectivity index (χ2v) is 20.6. The van der Waals surface area contributed by atoms with Gasteiger partial charge in [-0.2, -0.15) is 0 Å². The average molecular weight is 785 g/mol. The maximum absolute atomic E-state index is 13.7. The zero-order valence-corrected chi connectivity index (χ0v) is 36.5. The number of hydrogen-bond acceptors (Lipinski definition) is 9. The Labute approximate surface area is 333 Å². The van der Waals surface area contributed by atoms with Gasteiger partial charge in [0.25, 0.3) is 0 Å². The summed E-state index contributed by atoms with van der Waals surface area (Å²) in [6.45, 7) is 22.2. The Morgan fingerprint density at radius 1 is 1.05 bits per heavy atom. The van der Waals surface area contributed by atoms with Gasteiger partial charge in [-0.1, -0.05) is 97.0 Å². The van der Waals surface area contributed by atoms with Crippen molar-refractivity contribution in [2.45, 2.75) is 162 Å². The molecule has 2 aliphatic heterocycles. The van der Waals surface area contributed by atoms with Gasteiger partial charge < -0.3 is 33.2 Å².